The minimum absolute atomic E-state index is 0.247. The minimum Gasteiger partial charge on any atom is -0.297 e. The third-order valence-electron chi connectivity index (χ3n) is 4.32. The molecular formula is C16H22N4S. The molecule has 0 radical (unpaired) electrons. The fraction of sp³-hybridized carbons (Fsp3) is 0.562. The molecule has 0 unspecified atom stereocenters. The van der Waals surface area contributed by atoms with Gasteiger partial charge in [0.05, 0.1) is 10.7 Å². The van der Waals surface area contributed by atoms with Crippen molar-refractivity contribution < 1.29 is 0 Å². The van der Waals surface area contributed by atoms with Gasteiger partial charge in [0.15, 0.2) is 0 Å². The van der Waals surface area contributed by atoms with Crippen LogP contribution in [0.3, 0.4) is 0 Å². The number of hydrogen-bond acceptors (Lipinski definition) is 5. The lowest BCUT2D eigenvalue weighted by Crippen LogP contribution is -2.40. The van der Waals surface area contributed by atoms with Gasteiger partial charge in [-0.3, -0.25) is 4.90 Å². The van der Waals surface area contributed by atoms with E-state index in [-0.39, 0.29) is 5.41 Å². The van der Waals surface area contributed by atoms with Gasteiger partial charge >= 0.3 is 0 Å². The molecule has 3 heterocycles. The molecule has 0 aromatic carbocycles. The average Bonchev–Trinajstić information content (AvgIpc) is 2.89. The molecule has 3 rings (SSSR count). The Morgan fingerprint density at radius 2 is 2.00 bits per heavy atom. The first-order valence-electron chi connectivity index (χ1n) is 7.49. The smallest absolute Gasteiger partial charge is 0.125 e. The average molecular weight is 302 g/mol. The van der Waals surface area contributed by atoms with E-state index in [1.165, 1.54) is 22.7 Å². The molecule has 0 amide bonds. The van der Waals surface area contributed by atoms with Crippen molar-refractivity contribution >= 4 is 11.3 Å². The second-order valence-electron chi connectivity index (χ2n) is 6.21. The number of rotatable bonds is 3. The molecule has 4 nitrogen and oxygen atoms in total. The number of hydrogen-bond donors (Lipinski definition) is 0. The molecule has 21 heavy (non-hydrogen) atoms. The Labute approximate surface area is 130 Å². The zero-order chi connectivity index (χ0) is 14.9. The Kier molecular flexibility index (Phi) is 4.04. The maximum atomic E-state index is 4.61. The van der Waals surface area contributed by atoms with E-state index < -0.39 is 0 Å². The number of likely N-dealkylation sites (tertiary alicyclic amines) is 1. The van der Waals surface area contributed by atoms with Crippen LogP contribution in [0, 0.1) is 13.8 Å². The lowest BCUT2D eigenvalue weighted by Gasteiger charge is -2.38. The van der Waals surface area contributed by atoms with Gasteiger partial charge in [0.2, 0.25) is 0 Å². The van der Waals surface area contributed by atoms with Crippen molar-refractivity contribution in [1.29, 1.82) is 0 Å². The van der Waals surface area contributed by atoms with Crippen molar-refractivity contribution in [3.8, 4) is 0 Å². The fourth-order valence-corrected chi connectivity index (χ4v) is 3.84. The Bertz CT molecular complexity index is 614. The molecule has 2 aromatic rings. The first-order valence-corrected chi connectivity index (χ1v) is 8.31. The maximum Gasteiger partial charge on any atom is 0.125 e. The number of thiazole rings is 1. The third kappa shape index (κ3) is 3.30. The summed E-state index contributed by atoms with van der Waals surface area (Å²) < 4.78 is 0. The van der Waals surface area contributed by atoms with Gasteiger partial charge in [0.25, 0.3) is 0 Å². The van der Waals surface area contributed by atoms with Crippen LogP contribution in [-0.2, 0) is 12.0 Å². The Hall–Kier alpha value is -1.33. The number of aryl methyl sites for hydroxylation is 2. The standard InChI is InChI=1S/C16H22N4S/c1-12-10-18-15(21-12)16(3)5-8-20(9-6-16)11-14-4-7-17-13(2)19-14/h4,7,10H,5-6,8-9,11H2,1-3H3. The van der Waals surface area contributed by atoms with Gasteiger partial charge in [-0.2, -0.15) is 0 Å². The van der Waals surface area contributed by atoms with Crippen molar-refractivity contribution in [2.24, 2.45) is 0 Å². The first-order chi connectivity index (χ1) is 10.0. The van der Waals surface area contributed by atoms with Gasteiger partial charge in [-0.1, -0.05) is 6.92 Å². The summed E-state index contributed by atoms with van der Waals surface area (Å²) in [5.74, 6) is 0.854. The van der Waals surface area contributed by atoms with Gasteiger partial charge in [0, 0.05) is 29.2 Å². The highest BCUT2D eigenvalue weighted by Gasteiger charge is 2.34. The monoisotopic (exact) mass is 302 g/mol. The molecule has 5 heteroatoms. The lowest BCUT2D eigenvalue weighted by atomic mass is 9.81. The minimum atomic E-state index is 0.247. The number of aromatic nitrogens is 3. The highest BCUT2D eigenvalue weighted by atomic mass is 32.1. The van der Waals surface area contributed by atoms with E-state index >= 15 is 0 Å². The predicted molar refractivity (Wildman–Crippen MR) is 85.5 cm³/mol. The summed E-state index contributed by atoms with van der Waals surface area (Å²) in [5, 5.41) is 1.30. The van der Waals surface area contributed by atoms with E-state index in [1.54, 1.807) is 0 Å². The third-order valence-corrected chi connectivity index (χ3v) is 5.54. The second-order valence-corrected chi connectivity index (χ2v) is 7.44. The summed E-state index contributed by atoms with van der Waals surface area (Å²) >= 11 is 1.85. The first kappa shape index (κ1) is 14.6. The second kappa shape index (κ2) is 5.81. The van der Waals surface area contributed by atoms with Crippen molar-refractivity contribution in [3.63, 3.8) is 0 Å². The van der Waals surface area contributed by atoms with E-state index in [0.29, 0.717) is 0 Å². The highest BCUT2D eigenvalue weighted by Crippen LogP contribution is 2.37. The van der Waals surface area contributed by atoms with Gasteiger partial charge in [0.1, 0.15) is 5.82 Å². The molecule has 0 bridgehead atoms. The summed E-state index contributed by atoms with van der Waals surface area (Å²) in [4.78, 5) is 17.1. The number of piperidine rings is 1. The largest absolute Gasteiger partial charge is 0.297 e. The highest BCUT2D eigenvalue weighted by molar-refractivity contribution is 7.11. The molecule has 0 saturated carbocycles. The molecule has 0 aliphatic carbocycles. The van der Waals surface area contributed by atoms with Gasteiger partial charge in [-0.25, -0.2) is 15.0 Å². The lowest BCUT2D eigenvalue weighted by molar-refractivity contribution is 0.160. The van der Waals surface area contributed by atoms with Crippen molar-refractivity contribution in [2.75, 3.05) is 13.1 Å². The fourth-order valence-electron chi connectivity index (χ4n) is 2.87. The molecule has 1 fully saturated rings. The molecule has 2 aromatic heterocycles. The van der Waals surface area contributed by atoms with E-state index in [0.717, 1.165) is 31.2 Å². The molecule has 1 aliphatic heterocycles. The SMILES string of the molecule is Cc1nccc(CN2CCC(C)(c3ncc(C)s3)CC2)n1. The summed E-state index contributed by atoms with van der Waals surface area (Å²) in [7, 11) is 0. The number of nitrogens with zero attached hydrogens (tertiary/aromatic N) is 4. The topological polar surface area (TPSA) is 41.9 Å². The van der Waals surface area contributed by atoms with Crippen LogP contribution in [-0.4, -0.2) is 32.9 Å². The van der Waals surface area contributed by atoms with Gasteiger partial charge < -0.3 is 0 Å². The van der Waals surface area contributed by atoms with E-state index in [2.05, 4.69) is 33.7 Å². The van der Waals surface area contributed by atoms with E-state index in [4.69, 9.17) is 0 Å². The molecule has 0 spiro atoms. The van der Waals surface area contributed by atoms with Crippen molar-refractivity contribution in [3.05, 3.63) is 39.9 Å². The quantitative estimate of drug-likeness (QED) is 0.873. The van der Waals surface area contributed by atoms with Crippen LogP contribution >= 0.6 is 11.3 Å². The Balaban J connectivity index is 1.62. The predicted octanol–water partition coefficient (Wildman–Crippen LogP) is 3.10. The van der Waals surface area contributed by atoms with Crippen LogP contribution in [0.25, 0.3) is 0 Å². The molecular weight excluding hydrogens is 280 g/mol. The summed E-state index contributed by atoms with van der Waals surface area (Å²) in [6.45, 7) is 9.59. The molecule has 1 saturated heterocycles. The van der Waals surface area contributed by atoms with Crippen LogP contribution in [0.2, 0.25) is 0 Å². The molecule has 0 N–H and O–H groups in total. The summed E-state index contributed by atoms with van der Waals surface area (Å²) in [6, 6.07) is 2.02. The van der Waals surface area contributed by atoms with Crippen molar-refractivity contribution in [1.82, 2.24) is 19.9 Å². The molecule has 112 valence electrons. The van der Waals surface area contributed by atoms with E-state index in [1.807, 2.05) is 36.7 Å². The summed E-state index contributed by atoms with van der Waals surface area (Å²) in [6.07, 6.45) is 6.19. The van der Waals surface area contributed by atoms with Gasteiger partial charge in [-0.05, 0) is 45.8 Å². The van der Waals surface area contributed by atoms with E-state index in [9.17, 15) is 0 Å². The van der Waals surface area contributed by atoms with Gasteiger partial charge in [-0.15, -0.1) is 11.3 Å². The van der Waals surface area contributed by atoms with Crippen molar-refractivity contribution in [2.45, 2.75) is 45.6 Å². The van der Waals surface area contributed by atoms with Crippen LogP contribution in [0.5, 0.6) is 0 Å². The molecule has 0 atom stereocenters. The Morgan fingerprint density at radius 3 is 2.62 bits per heavy atom. The normalized spacial score (nSPS) is 18.8. The molecule has 1 aliphatic rings. The zero-order valence-electron chi connectivity index (χ0n) is 13.0. The van der Waals surface area contributed by atoms with Crippen LogP contribution in [0.1, 0.15) is 41.2 Å². The van der Waals surface area contributed by atoms with Crippen LogP contribution in [0.15, 0.2) is 18.5 Å². The van der Waals surface area contributed by atoms with Crippen LogP contribution < -0.4 is 0 Å². The zero-order valence-corrected chi connectivity index (χ0v) is 13.8. The maximum absolute atomic E-state index is 4.61. The van der Waals surface area contributed by atoms with Crippen LogP contribution in [0.4, 0.5) is 0 Å². The Morgan fingerprint density at radius 1 is 1.24 bits per heavy atom. The summed E-state index contributed by atoms with van der Waals surface area (Å²) in [5.41, 5.74) is 1.37.